The second-order valence-corrected chi connectivity index (χ2v) is 5.58. The fourth-order valence-electron chi connectivity index (χ4n) is 2.11. The van der Waals surface area contributed by atoms with Gasteiger partial charge in [-0.3, -0.25) is 4.79 Å². The lowest BCUT2D eigenvalue weighted by Crippen LogP contribution is -2.34. The smallest absolute Gasteiger partial charge is 0.259 e. The van der Waals surface area contributed by atoms with Crippen molar-refractivity contribution in [1.82, 2.24) is 0 Å². The number of rotatable bonds is 4. The summed E-state index contributed by atoms with van der Waals surface area (Å²) in [5, 5.41) is 9.26. The first-order valence-electron chi connectivity index (χ1n) is 6.58. The number of anilines is 2. The van der Waals surface area contributed by atoms with Gasteiger partial charge in [-0.1, -0.05) is 23.8 Å². The van der Waals surface area contributed by atoms with E-state index in [9.17, 15) is 9.90 Å². The van der Waals surface area contributed by atoms with E-state index in [0.717, 1.165) is 10.0 Å². The molecule has 3 N–H and O–H groups in total. The number of amides is 1. The summed E-state index contributed by atoms with van der Waals surface area (Å²) in [4.78, 5) is 14.3. The molecular weight excluding hydrogens is 332 g/mol. The van der Waals surface area contributed by atoms with Crippen molar-refractivity contribution in [3.63, 3.8) is 0 Å². The first-order chi connectivity index (χ1) is 10.0. The van der Waals surface area contributed by atoms with Crippen molar-refractivity contribution >= 4 is 33.2 Å². The minimum absolute atomic E-state index is 0.135. The highest BCUT2D eigenvalue weighted by molar-refractivity contribution is 9.10. The number of nitrogen functional groups attached to an aromatic ring is 1. The van der Waals surface area contributed by atoms with Crippen LogP contribution in [-0.4, -0.2) is 24.2 Å². The summed E-state index contributed by atoms with van der Waals surface area (Å²) in [7, 11) is 0. The first-order valence-corrected chi connectivity index (χ1v) is 7.37. The van der Waals surface area contributed by atoms with Gasteiger partial charge in [-0.05, 0) is 47.1 Å². The van der Waals surface area contributed by atoms with Crippen molar-refractivity contribution in [3.8, 4) is 0 Å². The number of hydrogen-bond acceptors (Lipinski definition) is 3. The van der Waals surface area contributed by atoms with Crippen LogP contribution in [0.5, 0.6) is 0 Å². The van der Waals surface area contributed by atoms with Crippen LogP contribution in [0.15, 0.2) is 46.9 Å². The summed E-state index contributed by atoms with van der Waals surface area (Å²) in [5.41, 5.74) is 8.59. The Morgan fingerprint density at radius 3 is 2.67 bits per heavy atom. The van der Waals surface area contributed by atoms with Crippen LogP contribution in [0.1, 0.15) is 15.9 Å². The Balaban J connectivity index is 2.45. The molecule has 4 nitrogen and oxygen atoms in total. The van der Waals surface area contributed by atoms with Gasteiger partial charge in [0, 0.05) is 11.0 Å². The molecule has 0 saturated carbocycles. The van der Waals surface area contributed by atoms with E-state index in [4.69, 9.17) is 5.73 Å². The molecule has 21 heavy (non-hydrogen) atoms. The third-order valence-corrected chi connectivity index (χ3v) is 3.84. The molecule has 110 valence electrons. The lowest BCUT2D eigenvalue weighted by Gasteiger charge is -2.24. The van der Waals surface area contributed by atoms with Crippen LogP contribution < -0.4 is 10.6 Å². The van der Waals surface area contributed by atoms with Gasteiger partial charge < -0.3 is 15.7 Å². The third kappa shape index (κ3) is 3.43. The zero-order chi connectivity index (χ0) is 15.4. The van der Waals surface area contributed by atoms with Crippen molar-refractivity contribution in [3.05, 3.63) is 58.1 Å². The number of halogens is 1. The minimum Gasteiger partial charge on any atom is -0.397 e. The van der Waals surface area contributed by atoms with Crippen LogP contribution in [-0.2, 0) is 0 Å². The number of carbonyl (C=O) groups excluding carboxylic acids is 1. The molecule has 0 heterocycles. The number of aliphatic hydroxyl groups excluding tert-OH is 1. The zero-order valence-electron chi connectivity index (χ0n) is 11.7. The van der Waals surface area contributed by atoms with E-state index in [1.807, 2.05) is 37.3 Å². The maximum absolute atomic E-state index is 12.8. The highest BCUT2D eigenvalue weighted by atomic mass is 79.9. The average molecular weight is 349 g/mol. The Hall–Kier alpha value is -1.85. The van der Waals surface area contributed by atoms with Crippen molar-refractivity contribution in [2.75, 3.05) is 23.8 Å². The Morgan fingerprint density at radius 1 is 1.29 bits per heavy atom. The summed E-state index contributed by atoms with van der Waals surface area (Å²) in [6.45, 7) is 1.98. The number of carbonyl (C=O) groups is 1. The van der Waals surface area contributed by atoms with E-state index in [-0.39, 0.29) is 19.1 Å². The number of para-hydroxylation sites is 2. The van der Waals surface area contributed by atoms with Crippen LogP contribution in [0, 0.1) is 6.92 Å². The van der Waals surface area contributed by atoms with Crippen LogP contribution >= 0.6 is 15.9 Å². The summed E-state index contributed by atoms with van der Waals surface area (Å²) < 4.78 is 0.718. The fourth-order valence-corrected chi connectivity index (χ4v) is 2.53. The average Bonchev–Trinajstić information content (AvgIpc) is 2.47. The zero-order valence-corrected chi connectivity index (χ0v) is 13.3. The lowest BCUT2D eigenvalue weighted by molar-refractivity contribution is 0.0980. The van der Waals surface area contributed by atoms with Crippen molar-refractivity contribution < 1.29 is 9.90 Å². The second-order valence-electron chi connectivity index (χ2n) is 4.72. The molecule has 1 amide bonds. The molecule has 2 rings (SSSR count). The largest absolute Gasteiger partial charge is 0.397 e. The van der Waals surface area contributed by atoms with E-state index in [0.29, 0.717) is 16.9 Å². The molecule has 0 unspecified atom stereocenters. The Bertz CT molecular complexity index is 658. The third-order valence-electron chi connectivity index (χ3n) is 3.15. The molecule has 0 bridgehead atoms. The van der Waals surface area contributed by atoms with Gasteiger partial charge in [-0.25, -0.2) is 0 Å². The Labute approximate surface area is 132 Å². The first kappa shape index (κ1) is 15.5. The molecule has 0 spiro atoms. The predicted octanol–water partition coefficient (Wildman–Crippen LogP) is 2.98. The molecule has 0 aromatic heterocycles. The second kappa shape index (κ2) is 6.74. The lowest BCUT2D eigenvalue weighted by atomic mass is 10.1. The van der Waals surface area contributed by atoms with Gasteiger partial charge in [0.15, 0.2) is 0 Å². The molecule has 0 saturated heterocycles. The maximum Gasteiger partial charge on any atom is 0.259 e. The molecule has 0 fully saturated rings. The van der Waals surface area contributed by atoms with Crippen LogP contribution in [0.25, 0.3) is 0 Å². The summed E-state index contributed by atoms with van der Waals surface area (Å²) in [6, 6.07) is 12.7. The summed E-state index contributed by atoms with van der Waals surface area (Å²) in [6.07, 6.45) is 0. The number of nitrogens with zero attached hydrogens (tertiary/aromatic N) is 1. The fraction of sp³-hybridized carbons (Fsp3) is 0.188. The van der Waals surface area contributed by atoms with Crippen LogP contribution in [0.4, 0.5) is 11.4 Å². The molecule has 2 aromatic carbocycles. The highest BCUT2D eigenvalue weighted by Crippen LogP contribution is 2.27. The van der Waals surface area contributed by atoms with E-state index >= 15 is 0 Å². The molecule has 0 aliphatic rings. The van der Waals surface area contributed by atoms with Gasteiger partial charge in [-0.2, -0.15) is 0 Å². The monoisotopic (exact) mass is 348 g/mol. The molecule has 0 radical (unpaired) electrons. The van der Waals surface area contributed by atoms with Gasteiger partial charge >= 0.3 is 0 Å². The van der Waals surface area contributed by atoms with E-state index in [2.05, 4.69) is 15.9 Å². The molecule has 0 atom stereocenters. The molecule has 2 aromatic rings. The number of nitrogens with two attached hydrogens (primary N) is 1. The Morgan fingerprint density at radius 2 is 2.00 bits per heavy atom. The molecule has 0 aliphatic carbocycles. The number of aryl methyl sites for hydroxylation is 1. The van der Waals surface area contributed by atoms with E-state index in [1.165, 1.54) is 4.90 Å². The highest BCUT2D eigenvalue weighted by Gasteiger charge is 2.21. The van der Waals surface area contributed by atoms with Crippen LogP contribution in [0.2, 0.25) is 0 Å². The quantitative estimate of drug-likeness (QED) is 0.834. The SMILES string of the molecule is Cc1ccc(Br)c(C(=O)N(CCO)c2ccccc2N)c1. The number of benzene rings is 2. The normalized spacial score (nSPS) is 10.4. The van der Waals surface area contributed by atoms with Crippen molar-refractivity contribution in [1.29, 1.82) is 0 Å². The van der Waals surface area contributed by atoms with Crippen LogP contribution in [0.3, 0.4) is 0 Å². The number of aliphatic hydroxyl groups is 1. The van der Waals surface area contributed by atoms with Gasteiger partial charge in [0.25, 0.3) is 5.91 Å². The standard InChI is InChI=1S/C16H17BrN2O2/c1-11-6-7-13(17)12(10-11)16(21)19(8-9-20)15-5-3-2-4-14(15)18/h2-7,10,20H,8-9,18H2,1H3. The van der Waals surface area contributed by atoms with Gasteiger partial charge in [0.2, 0.25) is 0 Å². The van der Waals surface area contributed by atoms with Crippen molar-refractivity contribution in [2.45, 2.75) is 6.92 Å². The van der Waals surface area contributed by atoms with Gasteiger partial charge in [-0.15, -0.1) is 0 Å². The Kier molecular flexibility index (Phi) is 4.98. The minimum atomic E-state index is -0.197. The number of hydrogen-bond donors (Lipinski definition) is 2. The summed E-state index contributed by atoms with van der Waals surface area (Å²) >= 11 is 3.40. The van der Waals surface area contributed by atoms with E-state index in [1.54, 1.807) is 12.1 Å². The maximum atomic E-state index is 12.8. The van der Waals surface area contributed by atoms with Gasteiger partial charge in [0.1, 0.15) is 0 Å². The summed E-state index contributed by atoms with van der Waals surface area (Å²) in [5.74, 6) is -0.197. The topological polar surface area (TPSA) is 66.6 Å². The molecule has 0 aliphatic heterocycles. The molecule has 5 heteroatoms. The van der Waals surface area contributed by atoms with Gasteiger partial charge in [0.05, 0.1) is 23.5 Å². The predicted molar refractivity (Wildman–Crippen MR) is 88.5 cm³/mol. The van der Waals surface area contributed by atoms with E-state index < -0.39 is 0 Å². The van der Waals surface area contributed by atoms with Crippen molar-refractivity contribution in [2.24, 2.45) is 0 Å². The molecular formula is C16H17BrN2O2.